The molecule has 1 aliphatic heterocycles. The Labute approximate surface area is 110 Å². The van der Waals surface area contributed by atoms with Crippen molar-refractivity contribution in [1.82, 2.24) is 9.88 Å². The molecule has 17 heavy (non-hydrogen) atoms. The van der Waals surface area contributed by atoms with Gasteiger partial charge in [0.25, 0.3) is 0 Å². The number of aromatic nitrogens is 1. The second-order valence-corrected chi connectivity index (χ2v) is 5.69. The van der Waals surface area contributed by atoms with E-state index in [0.717, 1.165) is 31.1 Å². The number of rotatable bonds is 2. The molecule has 2 aromatic rings. The van der Waals surface area contributed by atoms with Crippen LogP contribution in [0.4, 0.5) is 0 Å². The summed E-state index contributed by atoms with van der Waals surface area (Å²) >= 11 is 7.65. The smallest absolute Gasteiger partial charge is 0.0798 e. The second-order valence-electron chi connectivity index (χ2n) is 4.31. The lowest BCUT2D eigenvalue weighted by Crippen LogP contribution is -2.29. The Bertz CT molecular complexity index is 506. The van der Waals surface area contributed by atoms with Gasteiger partial charge < -0.3 is 0 Å². The molecule has 1 aliphatic rings. The molecular formula is C13H13ClN2S. The van der Waals surface area contributed by atoms with Crippen LogP contribution in [0.1, 0.15) is 16.1 Å². The number of hydrogen-bond acceptors (Lipinski definition) is 3. The van der Waals surface area contributed by atoms with Gasteiger partial charge in [0.2, 0.25) is 0 Å². The van der Waals surface area contributed by atoms with E-state index in [1.165, 1.54) is 16.1 Å². The standard InChI is InChI=1S/C13H13ClN2S/c14-11-3-1-10(2-4-11)7-16-6-5-12-13(8-16)17-9-15-12/h1-4,9H,5-8H2. The molecular weight excluding hydrogens is 252 g/mol. The fourth-order valence-electron chi connectivity index (χ4n) is 2.16. The van der Waals surface area contributed by atoms with Crippen molar-refractivity contribution in [2.24, 2.45) is 0 Å². The van der Waals surface area contributed by atoms with Gasteiger partial charge in [-0.1, -0.05) is 23.7 Å². The topological polar surface area (TPSA) is 16.1 Å². The number of hydrogen-bond donors (Lipinski definition) is 0. The summed E-state index contributed by atoms with van der Waals surface area (Å²) in [7, 11) is 0. The van der Waals surface area contributed by atoms with E-state index in [1.807, 2.05) is 17.6 Å². The third kappa shape index (κ3) is 2.51. The lowest BCUT2D eigenvalue weighted by atomic mass is 10.1. The first-order valence-corrected chi connectivity index (χ1v) is 6.95. The van der Waals surface area contributed by atoms with Gasteiger partial charge in [0, 0.05) is 36.0 Å². The molecule has 0 bridgehead atoms. The zero-order valence-corrected chi connectivity index (χ0v) is 11.0. The minimum absolute atomic E-state index is 0.803. The molecule has 0 aliphatic carbocycles. The summed E-state index contributed by atoms with van der Waals surface area (Å²) in [5, 5.41) is 0.803. The molecule has 4 heteroatoms. The number of nitrogens with zero attached hydrogens (tertiary/aromatic N) is 2. The number of fused-ring (bicyclic) bond motifs is 1. The van der Waals surface area contributed by atoms with Gasteiger partial charge in [-0.3, -0.25) is 4.90 Å². The summed E-state index contributed by atoms with van der Waals surface area (Å²) in [4.78, 5) is 8.27. The third-order valence-electron chi connectivity index (χ3n) is 3.08. The minimum Gasteiger partial charge on any atom is -0.294 e. The first-order chi connectivity index (χ1) is 8.31. The van der Waals surface area contributed by atoms with Crippen molar-refractivity contribution in [3.8, 4) is 0 Å². The van der Waals surface area contributed by atoms with Crippen LogP contribution in [0.5, 0.6) is 0 Å². The molecule has 0 atom stereocenters. The van der Waals surface area contributed by atoms with Crippen molar-refractivity contribution >= 4 is 22.9 Å². The number of benzene rings is 1. The van der Waals surface area contributed by atoms with E-state index >= 15 is 0 Å². The molecule has 0 spiro atoms. The Balaban J connectivity index is 1.69. The van der Waals surface area contributed by atoms with Crippen LogP contribution < -0.4 is 0 Å². The number of halogens is 1. The van der Waals surface area contributed by atoms with Crippen LogP contribution in [-0.2, 0) is 19.5 Å². The van der Waals surface area contributed by atoms with Crippen LogP contribution in [-0.4, -0.2) is 16.4 Å². The maximum atomic E-state index is 5.89. The Morgan fingerprint density at radius 2 is 2.12 bits per heavy atom. The zero-order valence-electron chi connectivity index (χ0n) is 9.40. The fraction of sp³-hybridized carbons (Fsp3) is 0.308. The maximum absolute atomic E-state index is 5.89. The van der Waals surface area contributed by atoms with E-state index in [9.17, 15) is 0 Å². The van der Waals surface area contributed by atoms with Gasteiger partial charge in [0.05, 0.1) is 11.2 Å². The van der Waals surface area contributed by atoms with Crippen LogP contribution in [0.15, 0.2) is 29.8 Å². The molecule has 0 fully saturated rings. The first-order valence-electron chi connectivity index (χ1n) is 5.69. The van der Waals surface area contributed by atoms with Gasteiger partial charge in [-0.15, -0.1) is 11.3 Å². The van der Waals surface area contributed by atoms with E-state index in [0.29, 0.717) is 0 Å². The van der Waals surface area contributed by atoms with Gasteiger partial charge in [0.1, 0.15) is 0 Å². The summed E-state index contributed by atoms with van der Waals surface area (Å²) < 4.78 is 0. The predicted octanol–water partition coefficient (Wildman–Crippen LogP) is 3.35. The summed E-state index contributed by atoms with van der Waals surface area (Å²) in [6, 6.07) is 8.12. The Kier molecular flexibility index (Phi) is 3.14. The molecule has 1 aromatic heterocycles. The molecule has 2 heterocycles. The van der Waals surface area contributed by atoms with E-state index < -0.39 is 0 Å². The summed E-state index contributed by atoms with van der Waals surface area (Å²) in [5.41, 5.74) is 4.57. The molecule has 0 saturated heterocycles. The van der Waals surface area contributed by atoms with Crippen LogP contribution in [0.2, 0.25) is 5.02 Å². The van der Waals surface area contributed by atoms with E-state index in [-0.39, 0.29) is 0 Å². The van der Waals surface area contributed by atoms with Gasteiger partial charge in [0.15, 0.2) is 0 Å². The molecule has 0 unspecified atom stereocenters. The molecule has 0 radical (unpaired) electrons. The van der Waals surface area contributed by atoms with E-state index in [4.69, 9.17) is 11.6 Å². The fourth-order valence-corrected chi connectivity index (χ4v) is 3.14. The first kappa shape index (κ1) is 11.2. The highest BCUT2D eigenvalue weighted by molar-refractivity contribution is 7.09. The van der Waals surface area contributed by atoms with Crippen LogP contribution >= 0.6 is 22.9 Å². The largest absolute Gasteiger partial charge is 0.294 e. The zero-order chi connectivity index (χ0) is 11.7. The molecule has 0 N–H and O–H groups in total. The van der Waals surface area contributed by atoms with Gasteiger partial charge in [-0.25, -0.2) is 4.98 Å². The van der Waals surface area contributed by atoms with E-state index in [1.54, 1.807) is 11.3 Å². The highest BCUT2D eigenvalue weighted by Crippen LogP contribution is 2.23. The highest BCUT2D eigenvalue weighted by Gasteiger charge is 2.18. The highest BCUT2D eigenvalue weighted by atomic mass is 35.5. The van der Waals surface area contributed by atoms with Gasteiger partial charge in [-0.05, 0) is 17.7 Å². The SMILES string of the molecule is Clc1ccc(CN2CCc3ncsc3C2)cc1. The van der Waals surface area contributed by atoms with Crippen molar-refractivity contribution in [3.63, 3.8) is 0 Å². The average Bonchev–Trinajstić information content (AvgIpc) is 2.79. The Morgan fingerprint density at radius 3 is 2.94 bits per heavy atom. The molecule has 0 saturated carbocycles. The molecule has 88 valence electrons. The summed E-state index contributed by atoms with van der Waals surface area (Å²) in [6.45, 7) is 3.12. The molecule has 3 rings (SSSR count). The van der Waals surface area contributed by atoms with Crippen molar-refractivity contribution in [3.05, 3.63) is 50.9 Å². The summed E-state index contributed by atoms with van der Waals surface area (Å²) in [5.74, 6) is 0. The average molecular weight is 265 g/mol. The lowest BCUT2D eigenvalue weighted by Gasteiger charge is -2.25. The maximum Gasteiger partial charge on any atom is 0.0798 e. The quantitative estimate of drug-likeness (QED) is 0.827. The van der Waals surface area contributed by atoms with E-state index in [2.05, 4.69) is 22.0 Å². The Hall–Kier alpha value is -0.900. The minimum atomic E-state index is 0.803. The van der Waals surface area contributed by atoms with Crippen molar-refractivity contribution in [1.29, 1.82) is 0 Å². The molecule has 0 amide bonds. The molecule has 2 nitrogen and oxygen atoms in total. The Morgan fingerprint density at radius 1 is 1.29 bits per heavy atom. The van der Waals surface area contributed by atoms with Gasteiger partial charge >= 0.3 is 0 Å². The lowest BCUT2D eigenvalue weighted by molar-refractivity contribution is 0.247. The van der Waals surface area contributed by atoms with Crippen molar-refractivity contribution < 1.29 is 0 Å². The third-order valence-corrected chi connectivity index (χ3v) is 4.19. The molecule has 1 aromatic carbocycles. The van der Waals surface area contributed by atoms with Crippen LogP contribution in [0, 0.1) is 0 Å². The predicted molar refractivity (Wildman–Crippen MR) is 71.4 cm³/mol. The van der Waals surface area contributed by atoms with Crippen LogP contribution in [0.25, 0.3) is 0 Å². The van der Waals surface area contributed by atoms with Crippen molar-refractivity contribution in [2.75, 3.05) is 6.54 Å². The van der Waals surface area contributed by atoms with Crippen molar-refractivity contribution in [2.45, 2.75) is 19.5 Å². The van der Waals surface area contributed by atoms with Crippen LogP contribution in [0.3, 0.4) is 0 Å². The second kappa shape index (κ2) is 4.77. The van der Waals surface area contributed by atoms with Gasteiger partial charge in [-0.2, -0.15) is 0 Å². The normalized spacial score (nSPS) is 15.8. The summed E-state index contributed by atoms with van der Waals surface area (Å²) in [6.07, 6.45) is 1.08. The monoisotopic (exact) mass is 264 g/mol. The number of thiazole rings is 1.